The van der Waals surface area contributed by atoms with Crippen LogP contribution >= 0.6 is 0 Å². The van der Waals surface area contributed by atoms with Crippen molar-refractivity contribution in [2.45, 2.75) is 33.2 Å². The normalized spacial score (nSPS) is 12.0. The first-order valence-corrected chi connectivity index (χ1v) is 5.99. The molecule has 1 aromatic rings. The van der Waals surface area contributed by atoms with Crippen molar-refractivity contribution in [1.29, 1.82) is 0 Å². The van der Waals surface area contributed by atoms with Crippen molar-refractivity contribution in [3.8, 4) is 0 Å². The standard InChI is InChI=1S/C14H20N2O3/c1-13(2,12(18)19)14(3,4)16-10-7-5-9(6-8-10)11(15)17/h5-8,16H,1-4H3,(H2,15,17)(H,18,19). The van der Waals surface area contributed by atoms with Gasteiger partial charge in [-0.15, -0.1) is 0 Å². The molecule has 0 aliphatic carbocycles. The summed E-state index contributed by atoms with van der Waals surface area (Å²) in [6.45, 7) is 6.98. The van der Waals surface area contributed by atoms with Crippen molar-refractivity contribution in [2.24, 2.45) is 11.1 Å². The number of nitrogens with two attached hydrogens (primary N) is 1. The van der Waals surface area contributed by atoms with Crippen LogP contribution in [0.4, 0.5) is 5.69 Å². The maximum Gasteiger partial charge on any atom is 0.311 e. The Morgan fingerprint density at radius 1 is 1.11 bits per heavy atom. The Hall–Kier alpha value is -2.04. The Morgan fingerprint density at radius 3 is 1.95 bits per heavy atom. The maximum absolute atomic E-state index is 11.3. The maximum atomic E-state index is 11.3. The van der Waals surface area contributed by atoms with E-state index >= 15 is 0 Å². The third-order valence-corrected chi connectivity index (χ3v) is 3.72. The second-order valence-electron chi connectivity index (χ2n) is 5.62. The third-order valence-electron chi connectivity index (χ3n) is 3.72. The summed E-state index contributed by atoms with van der Waals surface area (Å²) in [6, 6.07) is 6.63. The van der Waals surface area contributed by atoms with Gasteiger partial charge in [0.1, 0.15) is 0 Å². The van der Waals surface area contributed by atoms with E-state index in [0.717, 1.165) is 5.69 Å². The molecule has 4 N–H and O–H groups in total. The van der Waals surface area contributed by atoms with Gasteiger partial charge in [-0.25, -0.2) is 0 Å². The number of rotatable bonds is 5. The molecule has 104 valence electrons. The van der Waals surface area contributed by atoms with Gasteiger partial charge < -0.3 is 16.2 Å². The van der Waals surface area contributed by atoms with Crippen LogP contribution in [-0.4, -0.2) is 22.5 Å². The van der Waals surface area contributed by atoms with Crippen molar-refractivity contribution in [1.82, 2.24) is 0 Å². The molecule has 0 atom stereocenters. The molecule has 0 aromatic heterocycles. The Morgan fingerprint density at radius 2 is 1.58 bits per heavy atom. The van der Waals surface area contributed by atoms with Gasteiger partial charge >= 0.3 is 5.97 Å². The number of amides is 1. The van der Waals surface area contributed by atoms with Crippen molar-refractivity contribution >= 4 is 17.6 Å². The first-order chi connectivity index (χ1) is 8.58. The molecular weight excluding hydrogens is 244 g/mol. The number of carboxylic acids is 1. The topological polar surface area (TPSA) is 92.4 Å². The second kappa shape index (κ2) is 4.91. The summed E-state index contributed by atoms with van der Waals surface area (Å²) in [6.07, 6.45) is 0. The Labute approximate surface area is 112 Å². The van der Waals surface area contributed by atoms with E-state index in [9.17, 15) is 14.7 Å². The predicted molar refractivity (Wildman–Crippen MR) is 74.1 cm³/mol. The molecule has 1 aromatic carbocycles. The molecule has 0 radical (unpaired) electrons. The van der Waals surface area contributed by atoms with E-state index in [1.165, 1.54) is 0 Å². The molecule has 0 fully saturated rings. The molecule has 0 heterocycles. The van der Waals surface area contributed by atoms with Gasteiger partial charge in [-0.1, -0.05) is 0 Å². The second-order valence-corrected chi connectivity index (χ2v) is 5.62. The highest BCUT2D eigenvalue weighted by Crippen LogP contribution is 2.33. The molecule has 1 amide bonds. The molecule has 19 heavy (non-hydrogen) atoms. The number of carbonyl (C=O) groups excluding carboxylic acids is 1. The van der Waals surface area contributed by atoms with Crippen LogP contribution < -0.4 is 11.1 Å². The van der Waals surface area contributed by atoms with Crippen LogP contribution in [-0.2, 0) is 4.79 Å². The lowest BCUT2D eigenvalue weighted by atomic mass is 9.74. The molecule has 5 nitrogen and oxygen atoms in total. The van der Waals surface area contributed by atoms with Gasteiger partial charge in [-0.05, 0) is 52.0 Å². The van der Waals surface area contributed by atoms with E-state index in [2.05, 4.69) is 5.32 Å². The van der Waals surface area contributed by atoms with Gasteiger partial charge in [-0.3, -0.25) is 9.59 Å². The van der Waals surface area contributed by atoms with Crippen molar-refractivity contribution in [2.75, 3.05) is 5.32 Å². The monoisotopic (exact) mass is 264 g/mol. The van der Waals surface area contributed by atoms with Crippen LogP contribution in [0.2, 0.25) is 0 Å². The highest BCUT2D eigenvalue weighted by Gasteiger charge is 2.43. The van der Waals surface area contributed by atoms with Gasteiger partial charge in [0.15, 0.2) is 0 Å². The Balaban J connectivity index is 2.95. The molecular formula is C14H20N2O3. The summed E-state index contributed by atoms with van der Waals surface area (Å²) in [5, 5.41) is 12.4. The van der Waals surface area contributed by atoms with Crippen LogP contribution in [0, 0.1) is 5.41 Å². The molecule has 0 unspecified atom stereocenters. The lowest BCUT2D eigenvalue weighted by Crippen LogP contribution is -2.50. The minimum absolute atomic E-state index is 0.417. The van der Waals surface area contributed by atoms with E-state index in [1.807, 2.05) is 13.8 Å². The number of primary amides is 1. The molecule has 0 aliphatic rings. The van der Waals surface area contributed by atoms with Crippen LogP contribution in [0.5, 0.6) is 0 Å². The lowest BCUT2D eigenvalue weighted by Gasteiger charge is -2.39. The van der Waals surface area contributed by atoms with Crippen molar-refractivity contribution in [3.05, 3.63) is 29.8 Å². The van der Waals surface area contributed by atoms with Crippen molar-refractivity contribution < 1.29 is 14.7 Å². The Kier molecular flexibility index (Phi) is 3.88. The lowest BCUT2D eigenvalue weighted by molar-refractivity contribution is -0.149. The fraction of sp³-hybridized carbons (Fsp3) is 0.429. The zero-order valence-electron chi connectivity index (χ0n) is 11.7. The molecule has 0 aliphatic heterocycles. The number of benzene rings is 1. The Bertz CT molecular complexity index is 490. The predicted octanol–water partition coefficient (Wildman–Crippen LogP) is 2.09. The molecule has 0 bridgehead atoms. The van der Waals surface area contributed by atoms with E-state index in [4.69, 9.17) is 5.73 Å². The summed E-state index contributed by atoms with van der Waals surface area (Å²) in [4.78, 5) is 22.3. The van der Waals surface area contributed by atoms with Gasteiger partial charge in [0.2, 0.25) is 5.91 Å². The summed E-state index contributed by atoms with van der Waals surface area (Å²) in [5.41, 5.74) is 4.71. The van der Waals surface area contributed by atoms with E-state index < -0.39 is 22.8 Å². The molecule has 0 saturated carbocycles. The van der Waals surface area contributed by atoms with Crippen LogP contribution in [0.1, 0.15) is 38.1 Å². The highest BCUT2D eigenvalue weighted by molar-refractivity contribution is 5.93. The zero-order chi connectivity index (χ0) is 14.8. The fourth-order valence-corrected chi connectivity index (χ4v) is 1.50. The summed E-state index contributed by atoms with van der Waals surface area (Å²) in [7, 11) is 0. The smallest absolute Gasteiger partial charge is 0.311 e. The average molecular weight is 264 g/mol. The number of carbonyl (C=O) groups is 2. The number of hydrogen-bond donors (Lipinski definition) is 3. The van der Waals surface area contributed by atoms with E-state index in [1.54, 1.807) is 38.1 Å². The molecule has 1 rings (SSSR count). The summed E-state index contributed by atoms with van der Waals surface area (Å²) >= 11 is 0. The molecule has 5 heteroatoms. The highest BCUT2D eigenvalue weighted by atomic mass is 16.4. The number of anilines is 1. The van der Waals surface area contributed by atoms with Crippen LogP contribution in [0.25, 0.3) is 0 Å². The third kappa shape index (κ3) is 3.05. The van der Waals surface area contributed by atoms with Crippen LogP contribution in [0.15, 0.2) is 24.3 Å². The van der Waals surface area contributed by atoms with E-state index in [0.29, 0.717) is 5.56 Å². The molecule has 0 spiro atoms. The number of carboxylic acid groups (broad SMARTS) is 1. The average Bonchev–Trinajstić information content (AvgIpc) is 2.28. The van der Waals surface area contributed by atoms with Gasteiger partial charge in [0, 0.05) is 16.8 Å². The van der Waals surface area contributed by atoms with Gasteiger partial charge in [-0.2, -0.15) is 0 Å². The van der Waals surface area contributed by atoms with Gasteiger partial charge in [0.05, 0.1) is 5.41 Å². The number of aliphatic carboxylic acids is 1. The number of nitrogens with one attached hydrogen (secondary N) is 1. The largest absolute Gasteiger partial charge is 0.481 e. The fourth-order valence-electron chi connectivity index (χ4n) is 1.50. The molecule has 0 saturated heterocycles. The SMILES string of the molecule is CC(C)(Nc1ccc(C(N)=O)cc1)C(C)(C)C(=O)O. The summed E-state index contributed by atoms with van der Waals surface area (Å²) in [5.74, 6) is -1.37. The zero-order valence-corrected chi connectivity index (χ0v) is 11.7. The number of hydrogen-bond acceptors (Lipinski definition) is 3. The summed E-state index contributed by atoms with van der Waals surface area (Å²) < 4.78 is 0. The first-order valence-electron chi connectivity index (χ1n) is 5.99. The van der Waals surface area contributed by atoms with Gasteiger partial charge in [0.25, 0.3) is 0 Å². The minimum atomic E-state index is -0.949. The van der Waals surface area contributed by atoms with E-state index in [-0.39, 0.29) is 0 Å². The first kappa shape index (κ1) is 15.0. The van der Waals surface area contributed by atoms with Crippen LogP contribution in [0.3, 0.4) is 0 Å². The van der Waals surface area contributed by atoms with Crippen molar-refractivity contribution in [3.63, 3.8) is 0 Å². The minimum Gasteiger partial charge on any atom is -0.481 e. The quantitative estimate of drug-likeness (QED) is 0.759.